The number of hydrogen-bond acceptors (Lipinski definition) is 5. The number of aromatic nitrogens is 2. The maximum Gasteiger partial charge on any atom is 0.168 e. The van der Waals surface area contributed by atoms with E-state index in [4.69, 9.17) is 4.74 Å². The topological polar surface area (TPSA) is 50.3 Å². The van der Waals surface area contributed by atoms with E-state index in [1.165, 1.54) is 25.8 Å². The first-order valence-corrected chi connectivity index (χ1v) is 11.6. The minimum absolute atomic E-state index is 0.106. The highest BCUT2D eigenvalue weighted by molar-refractivity contribution is 5.60. The summed E-state index contributed by atoms with van der Waals surface area (Å²) >= 11 is 0. The highest BCUT2D eigenvalue weighted by Gasteiger charge is 2.45. The number of fused-ring (bicyclic) bond motifs is 3. The fourth-order valence-electron chi connectivity index (χ4n) is 6.44. The van der Waals surface area contributed by atoms with E-state index in [0.717, 1.165) is 32.0 Å². The van der Waals surface area contributed by atoms with Crippen LogP contribution in [0, 0.1) is 35.2 Å². The van der Waals surface area contributed by atoms with Gasteiger partial charge in [-0.2, -0.15) is 0 Å². The number of nitrogens with zero attached hydrogens (tertiary/aromatic N) is 3. The summed E-state index contributed by atoms with van der Waals surface area (Å²) < 4.78 is 47.0. The molecule has 8 heteroatoms. The molecule has 4 fully saturated rings. The van der Waals surface area contributed by atoms with E-state index in [2.05, 4.69) is 20.4 Å². The van der Waals surface area contributed by atoms with Gasteiger partial charge in [0.05, 0.1) is 17.9 Å². The standard InChI is InChI=1S/C24H27F3N4O/c25-16-8-19(24(27)20(26)9-16)21-2-4-23(30-29-21)28-17-5-13-10-31(11-14(13)6-17)12-15-7-18-1-3-22(15)32-18/h2,4,8-9,13-15,17-18,22H,1,3,5-7,10-12H2,(H,28,30)/t13-,14+,15-,17+,18?,22?/m0/s1. The first-order chi connectivity index (χ1) is 15.5. The van der Waals surface area contributed by atoms with Crippen LogP contribution < -0.4 is 5.32 Å². The molecule has 4 heterocycles. The molecule has 5 nitrogen and oxygen atoms in total. The van der Waals surface area contributed by atoms with Gasteiger partial charge in [-0.3, -0.25) is 0 Å². The van der Waals surface area contributed by atoms with Gasteiger partial charge < -0.3 is 15.0 Å². The Bertz CT molecular complexity index is 989. The van der Waals surface area contributed by atoms with E-state index in [-0.39, 0.29) is 11.3 Å². The molecule has 32 heavy (non-hydrogen) atoms. The summed E-state index contributed by atoms with van der Waals surface area (Å²) in [6, 6.07) is 5.02. The summed E-state index contributed by atoms with van der Waals surface area (Å²) in [6.45, 7) is 3.49. The van der Waals surface area contributed by atoms with Crippen LogP contribution in [0.1, 0.15) is 32.1 Å². The maximum absolute atomic E-state index is 14.0. The van der Waals surface area contributed by atoms with Gasteiger partial charge >= 0.3 is 0 Å². The minimum Gasteiger partial charge on any atom is -0.375 e. The van der Waals surface area contributed by atoms with Crippen LogP contribution in [0.15, 0.2) is 24.3 Å². The van der Waals surface area contributed by atoms with Crippen molar-refractivity contribution >= 4 is 5.82 Å². The van der Waals surface area contributed by atoms with E-state index in [1.807, 2.05) is 0 Å². The second-order valence-electron chi connectivity index (χ2n) is 9.97. The third-order valence-electron chi connectivity index (χ3n) is 7.84. The zero-order valence-electron chi connectivity index (χ0n) is 17.8. The summed E-state index contributed by atoms with van der Waals surface area (Å²) in [5.74, 6) is -0.483. The van der Waals surface area contributed by atoms with Gasteiger partial charge in [0.25, 0.3) is 0 Å². The Labute approximate surface area is 185 Å². The van der Waals surface area contributed by atoms with Crippen molar-refractivity contribution in [3.63, 3.8) is 0 Å². The Morgan fingerprint density at radius 2 is 1.81 bits per heavy atom. The number of hydrogen-bond donors (Lipinski definition) is 1. The molecule has 3 saturated heterocycles. The monoisotopic (exact) mass is 444 g/mol. The maximum atomic E-state index is 14.0. The first kappa shape index (κ1) is 20.4. The third kappa shape index (κ3) is 3.77. The van der Waals surface area contributed by atoms with Crippen LogP contribution in [0.5, 0.6) is 0 Å². The number of ether oxygens (including phenoxy) is 1. The first-order valence-electron chi connectivity index (χ1n) is 11.6. The van der Waals surface area contributed by atoms with Gasteiger partial charge in [-0.15, -0.1) is 10.2 Å². The fraction of sp³-hybridized carbons (Fsp3) is 0.583. The SMILES string of the molecule is Fc1cc(F)c(F)c(-c2ccc(N[C@H]3C[C@@H]4CN(C[C@@H]5CC6CCC5O6)C[C@@H]4C3)nn2)c1. The molecule has 2 bridgehead atoms. The van der Waals surface area contributed by atoms with Gasteiger partial charge in [0.2, 0.25) is 0 Å². The molecule has 6 atom stereocenters. The van der Waals surface area contributed by atoms with Gasteiger partial charge in [0, 0.05) is 43.2 Å². The van der Waals surface area contributed by atoms with Crippen LogP contribution >= 0.6 is 0 Å². The molecular formula is C24H27F3N4O. The molecule has 1 aromatic carbocycles. The van der Waals surface area contributed by atoms with Crippen molar-refractivity contribution in [2.24, 2.45) is 17.8 Å². The molecule has 4 aliphatic rings. The number of likely N-dealkylation sites (tertiary alicyclic amines) is 1. The van der Waals surface area contributed by atoms with Crippen LogP contribution in [0.4, 0.5) is 19.0 Å². The van der Waals surface area contributed by atoms with Crippen molar-refractivity contribution in [1.82, 2.24) is 15.1 Å². The van der Waals surface area contributed by atoms with Crippen LogP contribution in [-0.2, 0) is 4.74 Å². The molecule has 1 saturated carbocycles. The van der Waals surface area contributed by atoms with Crippen molar-refractivity contribution < 1.29 is 17.9 Å². The molecule has 6 rings (SSSR count). The molecule has 1 aliphatic carbocycles. The lowest BCUT2D eigenvalue weighted by Gasteiger charge is -2.26. The Morgan fingerprint density at radius 3 is 2.47 bits per heavy atom. The van der Waals surface area contributed by atoms with E-state index in [1.54, 1.807) is 12.1 Å². The Kier molecular flexibility index (Phi) is 5.10. The van der Waals surface area contributed by atoms with Crippen LogP contribution in [0.25, 0.3) is 11.3 Å². The van der Waals surface area contributed by atoms with Gasteiger partial charge in [-0.05, 0) is 62.1 Å². The van der Waals surface area contributed by atoms with E-state index in [0.29, 0.717) is 47.9 Å². The molecule has 1 N–H and O–H groups in total. The Morgan fingerprint density at radius 1 is 1.00 bits per heavy atom. The number of nitrogens with one attached hydrogen (secondary N) is 1. The molecular weight excluding hydrogens is 417 g/mol. The highest BCUT2D eigenvalue weighted by atomic mass is 19.2. The van der Waals surface area contributed by atoms with E-state index in [9.17, 15) is 13.2 Å². The molecule has 2 aromatic rings. The van der Waals surface area contributed by atoms with Gasteiger partial charge in [0.1, 0.15) is 11.6 Å². The van der Waals surface area contributed by atoms with Crippen molar-refractivity contribution in [1.29, 1.82) is 0 Å². The van der Waals surface area contributed by atoms with Crippen molar-refractivity contribution in [2.75, 3.05) is 25.0 Å². The summed E-state index contributed by atoms with van der Waals surface area (Å²) in [5.41, 5.74) is -0.118. The molecule has 0 radical (unpaired) electrons. The zero-order valence-corrected chi connectivity index (χ0v) is 17.8. The number of halogens is 3. The average molecular weight is 445 g/mol. The summed E-state index contributed by atoms with van der Waals surface area (Å²) in [5, 5.41) is 11.6. The highest BCUT2D eigenvalue weighted by Crippen LogP contribution is 2.43. The second kappa shape index (κ2) is 7.99. The normalized spacial score (nSPS) is 33.7. The quantitative estimate of drug-likeness (QED) is 0.699. The number of rotatable bonds is 5. The van der Waals surface area contributed by atoms with E-state index >= 15 is 0 Å². The summed E-state index contributed by atoms with van der Waals surface area (Å²) in [4.78, 5) is 2.64. The van der Waals surface area contributed by atoms with E-state index < -0.39 is 17.5 Å². The van der Waals surface area contributed by atoms with Crippen LogP contribution in [-0.4, -0.2) is 53.0 Å². The minimum atomic E-state index is -1.23. The molecule has 2 unspecified atom stereocenters. The fourth-order valence-corrected chi connectivity index (χ4v) is 6.44. The van der Waals surface area contributed by atoms with Crippen molar-refractivity contribution in [2.45, 2.75) is 50.4 Å². The molecule has 1 aromatic heterocycles. The largest absolute Gasteiger partial charge is 0.375 e. The predicted molar refractivity (Wildman–Crippen MR) is 113 cm³/mol. The smallest absolute Gasteiger partial charge is 0.168 e. The van der Waals surface area contributed by atoms with Gasteiger partial charge in [0.15, 0.2) is 11.6 Å². The molecule has 0 amide bonds. The lowest BCUT2D eigenvalue weighted by molar-refractivity contribution is 0.0854. The van der Waals surface area contributed by atoms with Crippen LogP contribution in [0.2, 0.25) is 0 Å². The molecule has 0 spiro atoms. The molecule has 170 valence electrons. The van der Waals surface area contributed by atoms with Gasteiger partial charge in [-0.25, -0.2) is 13.2 Å². The zero-order chi connectivity index (χ0) is 21.8. The van der Waals surface area contributed by atoms with Gasteiger partial charge in [-0.1, -0.05) is 0 Å². The Balaban J connectivity index is 1.04. The third-order valence-corrected chi connectivity index (χ3v) is 7.84. The lowest BCUT2D eigenvalue weighted by atomic mass is 9.89. The number of anilines is 1. The predicted octanol–water partition coefficient (Wildman–Crippen LogP) is 4.25. The molecule has 3 aliphatic heterocycles. The van der Waals surface area contributed by atoms with Crippen molar-refractivity contribution in [3.8, 4) is 11.3 Å². The summed E-state index contributed by atoms with van der Waals surface area (Å²) in [7, 11) is 0. The summed E-state index contributed by atoms with van der Waals surface area (Å²) in [6.07, 6.45) is 6.93. The number of benzene rings is 1. The Hall–Kier alpha value is -2.19. The second-order valence-corrected chi connectivity index (χ2v) is 9.97. The van der Waals surface area contributed by atoms with Crippen LogP contribution in [0.3, 0.4) is 0 Å². The van der Waals surface area contributed by atoms with Crippen molar-refractivity contribution in [3.05, 3.63) is 41.7 Å². The lowest BCUT2D eigenvalue weighted by Crippen LogP contribution is -2.33. The average Bonchev–Trinajstić information content (AvgIpc) is 3.53.